The Hall–Kier alpha value is -3.40. The van der Waals surface area contributed by atoms with Crippen LogP contribution in [0.25, 0.3) is 10.9 Å². The van der Waals surface area contributed by atoms with Crippen molar-refractivity contribution in [2.24, 2.45) is 0 Å². The highest BCUT2D eigenvalue weighted by Gasteiger charge is 2.45. The third-order valence-electron chi connectivity index (χ3n) is 6.55. The first-order valence-corrected chi connectivity index (χ1v) is 12.2. The minimum Gasteiger partial charge on any atom is -0.444 e. The van der Waals surface area contributed by atoms with E-state index < -0.39 is 5.60 Å². The number of rotatable bonds is 5. The Morgan fingerprint density at radius 1 is 1.17 bits per heavy atom. The number of pyridine rings is 2. The van der Waals surface area contributed by atoms with Gasteiger partial charge in [0.05, 0.1) is 17.8 Å². The average Bonchev–Trinajstić information content (AvgIpc) is 3.31. The number of aromatic amines is 1. The lowest BCUT2D eigenvalue weighted by Crippen LogP contribution is -2.51. The third kappa shape index (κ3) is 5.02. The largest absolute Gasteiger partial charge is 0.444 e. The van der Waals surface area contributed by atoms with Crippen molar-refractivity contribution in [2.75, 3.05) is 10.6 Å². The van der Waals surface area contributed by atoms with Crippen molar-refractivity contribution in [3.63, 3.8) is 0 Å². The van der Waals surface area contributed by atoms with Crippen molar-refractivity contribution >= 4 is 34.4 Å². The van der Waals surface area contributed by atoms with E-state index in [0.29, 0.717) is 17.3 Å². The Kier molecular flexibility index (Phi) is 6.00. The number of aromatic nitrogens is 4. The normalized spacial score (nSPS) is 21.9. The third-order valence-corrected chi connectivity index (χ3v) is 6.55. The first kappa shape index (κ1) is 23.3. The second-order valence-electron chi connectivity index (χ2n) is 10.5. The van der Waals surface area contributed by atoms with Gasteiger partial charge in [0.1, 0.15) is 17.2 Å². The summed E-state index contributed by atoms with van der Waals surface area (Å²) in [6.07, 6.45) is 3.41. The van der Waals surface area contributed by atoms with Gasteiger partial charge in [0.15, 0.2) is 5.82 Å². The van der Waals surface area contributed by atoms with Crippen molar-refractivity contribution in [1.29, 1.82) is 0 Å². The summed E-state index contributed by atoms with van der Waals surface area (Å²) in [7, 11) is 0. The van der Waals surface area contributed by atoms with Crippen LogP contribution in [0.1, 0.15) is 57.8 Å². The van der Waals surface area contributed by atoms with Crippen LogP contribution in [-0.2, 0) is 11.3 Å². The Labute approximate surface area is 204 Å². The number of carbonyl (C=O) groups is 1. The highest BCUT2D eigenvalue weighted by atomic mass is 16.6. The SMILES string of the molecule is Cc1cc(Nc2cc3nc(CO)ccc3c(NC3C[C@H]4CC[C@@H](C3)N4C(=O)OC(C)(C)C)n2)n[nH]1. The fourth-order valence-corrected chi connectivity index (χ4v) is 5.15. The molecule has 10 nitrogen and oxygen atoms in total. The van der Waals surface area contributed by atoms with E-state index in [2.05, 4.69) is 25.8 Å². The van der Waals surface area contributed by atoms with Gasteiger partial charge >= 0.3 is 6.09 Å². The molecule has 1 amide bonds. The number of carbonyl (C=O) groups excluding carboxylic acids is 1. The lowest BCUT2D eigenvalue weighted by Gasteiger charge is -2.39. The summed E-state index contributed by atoms with van der Waals surface area (Å²) in [5.74, 6) is 2.01. The molecule has 3 aromatic rings. The fraction of sp³-hybridized carbons (Fsp3) is 0.520. The number of anilines is 3. The number of aliphatic hydroxyl groups is 1. The molecule has 0 aromatic carbocycles. The molecule has 4 N–H and O–H groups in total. The first-order chi connectivity index (χ1) is 16.7. The fourth-order valence-electron chi connectivity index (χ4n) is 5.15. The molecule has 5 rings (SSSR count). The molecule has 2 aliphatic rings. The molecule has 2 bridgehead atoms. The van der Waals surface area contributed by atoms with Crippen LogP contribution in [0.15, 0.2) is 24.3 Å². The van der Waals surface area contributed by atoms with Crippen molar-refractivity contribution in [3.8, 4) is 0 Å². The molecule has 2 aliphatic heterocycles. The molecule has 0 spiro atoms. The van der Waals surface area contributed by atoms with E-state index in [-0.39, 0.29) is 30.8 Å². The summed E-state index contributed by atoms with van der Waals surface area (Å²) < 4.78 is 5.67. The summed E-state index contributed by atoms with van der Waals surface area (Å²) in [4.78, 5) is 24.2. The molecular formula is C25H33N7O3. The average molecular weight is 480 g/mol. The van der Waals surface area contributed by atoms with E-state index in [1.54, 1.807) is 0 Å². The molecule has 1 unspecified atom stereocenters. The van der Waals surface area contributed by atoms with Gasteiger partial charge in [-0.1, -0.05) is 0 Å². The van der Waals surface area contributed by atoms with E-state index in [4.69, 9.17) is 9.72 Å². The second-order valence-corrected chi connectivity index (χ2v) is 10.5. The Bertz CT molecular complexity index is 1220. The molecule has 2 saturated heterocycles. The predicted octanol–water partition coefficient (Wildman–Crippen LogP) is 4.24. The zero-order valence-corrected chi connectivity index (χ0v) is 20.6. The minimum absolute atomic E-state index is 0.130. The number of aliphatic hydroxyl groups excluding tert-OH is 1. The van der Waals surface area contributed by atoms with Crippen molar-refractivity contribution in [2.45, 2.75) is 83.7 Å². The monoisotopic (exact) mass is 479 g/mol. The predicted molar refractivity (Wildman–Crippen MR) is 134 cm³/mol. The molecule has 3 atom stereocenters. The van der Waals surface area contributed by atoms with Crippen LogP contribution in [0.5, 0.6) is 0 Å². The van der Waals surface area contributed by atoms with E-state index in [9.17, 15) is 9.90 Å². The summed E-state index contributed by atoms with van der Waals surface area (Å²) >= 11 is 0. The first-order valence-electron chi connectivity index (χ1n) is 12.2. The number of nitrogens with zero attached hydrogens (tertiary/aromatic N) is 4. The molecule has 0 aliphatic carbocycles. The van der Waals surface area contributed by atoms with Crippen molar-refractivity contribution in [1.82, 2.24) is 25.1 Å². The lowest BCUT2D eigenvalue weighted by molar-refractivity contribution is 0.00683. The topological polar surface area (TPSA) is 128 Å². The van der Waals surface area contributed by atoms with Crippen LogP contribution in [-0.4, -0.2) is 60.0 Å². The summed E-state index contributed by atoms with van der Waals surface area (Å²) in [6.45, 7) is 7.51. The maximum Gasteiger partial charge on any atom is 0.410 e. The van der Waals surface area contributed by atoms with Gasteiger partial charge in [-0.15, -0.1) is 0 Å². The van der Waals surface area contributed by atoms with Gasteiger partial charge in [-0.05, 0) is 65.5 Å². The van der Waals surface area contributed by atoms with Gasteiger partial charge in [-0.2, -0.15) is 5.10 Å². The lowest BCUT2D eigenvalue weighted by atomic mass is 9.97. The molecule has 5 heterocycles. The van der Waals surface area contributed by atoms with Crippen molar-refractivity contribution < 1.29 is 14.6 Å². The smallest absolute Gasteiger partial charge is 0.410 e. The molecule has 0 saturated carbocycles. The number of H-pyrrole nitrogens is 1. The number of hydrogen-bond donors (Lipinski definition) is 4. The van der Waals surface area contributed by atoms with Crippen LogP contribution >= 0.6 is 0 Å². The highest BCUT2D eigenvalue weighted by molar-refractivity contribution is 5.91. The quantitative estimate of drug-likeness (QED) is 0.428. The Balaban J connectivity index is 1.39. The zero-order valence-electron chi connectivity index (χ0n) is 20.6. The number of fused-ring (bicyclic) bond motifs is 3. The summed E-state index contributed by atoms with van der Waals surface area (Å²) in [5, 5.41) is 24.5. The number of amides is 1. The number of aryl methyl sites for hydroxylation is 1. The number of hydrogen-bond acceptors (Lipinski definition) is 8. The van der Waals surface area contributed by atoms with Crippen LogP contribution in [0.2, 0.25) is 0 Å². The number of nitrogens with one attached hydrogen (secondary N) is 3. The number of ether oxygens (including phenoxy) is 1. The molecular weight excluding hydrogens is 446 g/mol. The molecule has 3 aromatic heterocycles. The van der Waals surface area contributed by atoms with Gasteiger partial charge in [-0.3, -0.25) is 10.1 Å². The van der Waals surface area contributed by atoms with Gasteiger partial charge in [0.25, 0.3) is 0 Å². The molecule has 186 valence electrons. The molecule has 35 heavy (non-hydrogen) atoms. The van der Waals surface area contributed by atoms with Crippen LogP contribution in [0, 0.1) is 6.92 Å². The second kappa shape index (κ2) is 8.99. The van der Waals surface area contributed by atoms with Crippen LogP contribution in [0.3, 0.4) is 0 Å². The maximum absolute atomic E-state index is 12.8. The van der Waals surface area contributed by atoms with Gasteiger partial charge in [-0.25, -0.2) is 9.78 Å². The number of piperidine rings is 1. The van der Waals surface area contributed by atoms with E-state index in [1.165, 1.54) is 0 Å². The van der Waals surface area contributed by atoms with Gasteiger partial charge in [0, 0.05) is 41.3 Å². The Morgan fingerprint density at radius 2 is 1.91 bits per heavy atom. The molecule has 0 radical (unpaired) electrons. The molecule has 2 fully saturated rings. The van der Waals surface area contributed by atoms with E-state index in [0.717, 1.165) is 48.1 Å². The summed E-state index contributed by atoms with van der Waals surface area (Å²) in [5.41, 5.74) is 1.77. The maximum atomic E-state index is 12.8. The highest BCUT2D eigenvalue weighted by Crippen LogP contribution is 2.38. The Morgan fingerprint density at radius 3 is 2.54 bits per heavy atom. The van der Waals surface area contributed by atoms with Crippen molar-refractivity contribution in [3.05, 3.63) is 35.7 Å². The molecule has 10 heteroatoms. The van der Waals surface area contributed by atoms with E-state index >= 15 is 0 Å². The van der Waals surface area contributed by atoms with Crippen LogP contribution < -0.4 is 10.6 Å². The van der Waals surface area contributed by atoms with Crippen LogP contribution in [0.4, 0.5) is 22.2 Å². The zero-order chi connectivity index (χ0) is 24.7. The van der Waals surface area contributed by atoms with E-state index in [1.807, 2.05) is 56.9 Å². The van der Waals surface area contributed by atoms with Gasteiger partial charge < -0.3 is 25.4 Å². The standard InChI is InChI=1S/C25H33N7O3/c1-14-9-22(31-30-14)28-21-12-20-19(8-5-15(13-33)26-20)23(29-21)27-16-10-17-6-7-18(11-16)32(17)24(34)35-25(2,3)4/h5,8-9,12,16-18,33H,6-7,10-11,13H2,1-4H3,(H3,27,28,29,30,31)/t16?,17-,18+. The van der Waals surface area contributed by atoms with Gasteiger partial charge in [0.2, 0.25) is 0 Å². The minimum atomic E-state index is -0.505. The summed E-state index contributed by atoms with van der Waals surface area (Å²) in [6, 6.07) is 7.99.